The molecule has 27 heavy (non-hydrogen) atoms. The minimum Gasteiger partial charge on any atom is -0.461 e. The number of hydrogen-bond acceptors (Lipinski definition) is 4. The largest absolute Gasteiger partial charge is 0.466 e. The lowest BCUT2D eigenvalue weighted by atomic mass is 9.66. The Kier molecular flexibility index (Phi) is 5.73. The molecule has 3 rings (SSSR count). The standard InChI is InChI=1S/C22H27BO4/c1-21(2)22(3,4)27-23(26-21)19(18-13-9-6-10-14-18)15-20(24)25-16-17-11-7-5-8-12-17/h5-14,19H,15-16H2,1-4H3. The van der Waals surface area contributed by atoms with Gasteiger partial charge in [0.2, 0.25) is 0 Å². The fourth-order valence-corrected chi connectivity index (χ4v) is 3.10. The summed E-state index contributed by atoms with van der Waals surface area (Å²) in [4.78, 5) is 12.5. The molecule has 2 aromatic carbocycles. The molecule has 0 radical (unpaired) electrons. The van der Waals surface area contributed by atoms with E-state index < -0.39 is 18.3 Å². The number of ether oxygens (including phenoxy) is 1. The van der Waals surface area contributed by atoms with Gasteiger partial charge in [-0.15, -0.1) is 0 Å². The SMILES string of the molecule is CC1(C)OB(C(CC(=O)OCc2ccccc2)c2ccccc2)OC1(C)C. The summed E-state index contributed by atoms with van der Waals surface area (Å²) in [5, 5.41) is 0. The van der Waals surface area contributed by atoms with E-state index in [1.54, 1.807) is 0 Å². The zero-order valence-electron chi connectivity index (χ0n) is 16.5. The van der Waals surface area contributed by atoms with Crippen molar-refractivity contribution in [3.8, 4) is 0 Å². The molecule has 1 saturated heterocycles. The Morgan fingerprint density at radius 1 is 0.926 bits per heavy atom. The molecule has 1 heterocycles. The van der Waals surface area contributed by atoms with Crippen LogP contribution in [0, 0.1) is 0 Å². The molecule has 4 nitrogen and oxygen atoms in total. The third-order valence-electron chi connectivity index (χ3n) is 5.46. The second kappa shape index (κ2) is 7.87. The minimum absolute atomic E-state index is 0.202. The van der Waals surface area contributed by atoms with Crippen molar-refractivity contribution in [1.29, 1.82) is 0 Å². The Balaban J connectivity index is 1.72. The lowest BCUT2D eigenvalue weighted by molar-refractivity contribution is -0.145. The number of esters is 1. The fourth-order valence-electron chi connectivity index (χ4n) is 3.10. The molecule has 0 aromatic heterocycles. The van der Waals surface area contributed by atoms with E-state index in [2.05, 4.69) is 0 Å². The summed E-state index contributed by atoms with van der Waals surface area (Å²) in [7, 11) is -0.498. The maximum Gasteiger partial charge on any atom is 0.466 e. The lowest BCUT2D eigenvalue weighted by Gasteiger charge is -2.32. The van der Waals surface area contributed by atoms with Crippen molar-refractivity contribution in [2.24, 2.45) is 0 Å². The van der Waals surface area contributed by atoms with Gasteiger partial charge in [0.15, 0.2) is 0 Å². The van der Waals surface area contributed by atoms with Gasteiger partial charge in [-0.2, -0.15) is 0 Å². The summed E-state index contributed by atoms with van der Waals surface area (Å²) in [5.74, 6) is -0.488. The van der Waals surface area contributed by atoms with E-state index in [0.717, 1.165) is 11.1 Å². The third-order valence-corrected chi connectivity index (χ3v) is 5.46. The monoisotopic (exact) mass is 366 g/mol. The molecule has 1 atom stereocenters. The molecule has 2 aromatic rings. The van der Waals surface area contributed by atoms with E-state index >= 15 is 0 Å². The molecule has 0 saturated carbocycles. The third kappa shape index (κ3) is 4.60. The van der Waals surface area contributed by atoms with Crippen LogP contribution in [0.25, 0.3) is 0 Å². The van der Waals surface area contributed by atoms with Gasteiger partial charge in [0, 0.05) is 5.82 Å². The maximum absolute atomic E-state index is 12.5. The van der Waals surface area contributed by atoms with E-state index in [0.29, 0.717) is 0 Å². The van der Waals surface area contributed by atoms with Gasteiger partial charge >= 0.3 is 13.1 Å². The lowest BCUT2D eigenvalue weighted by Crippen LogP contribution is -2.41. The van der Waals surface area contributed by atoms with E-state index in [-0.39, 0.29) is 24.8 Å². The van der Waals surface area contributed by atoms with E-state index in [9.17, 15) is 4.79 Å². The van der Waals surface area contributed by atoms with Gasteiger partial charge < -0.3 is 14.0 Å². The second-order valence-electron chi connectivity index (χ2n) is 7.99. The highest BCUT2D eigenvalue weighted by atomic mass is 16.7. The molecule has 0 bridgehead atoms. The Hall–Kier alpha value is -2.11. The van der Waals surface area contributed by atoms with E-state index in [1.807, 2.05) is 88.4 Å². The summed E-state index contributed by atoms with van der Waals surface area (Å²) >= 11 is 0. The summed E-state index contributed by atoms with van der Waals surface area (Å²) in [6.07, 6.45) is 0.202. The Morgan fingerprint density at radius 2 is 1.44 bits per heavy atom. The summed E-state index contributed by atoms with van der Waals surface area (Å²) in [6.45, 7) is 8.33. The van der Waals surface area contributed by atoms with Gasteiger partial charge in [0.25, 0.3) is 0 Å². The van der Waals surface area contributed by atoms with Crippen LogP contribution in [0.3, 0.4) is 0 Å². The highest BCUT2D eigenvalue weighted by Gasteiger charge is 2.54. The smallest absolute Gasteiger partial charge is 0.461 e. The Labute approximate surface area is 162 Å². The minimum atomic E-state index is -0.498. The Morgan fingerprint density at radius 3 is 2.00 bits per heavy atom. The van der Waals surface area contributed by atoms with Gasteiger partial charge in [-0.25, -0.2) is 0 Å². The number of rotatable bonds is 6. The van der Waals surface area contributed by atoms with Crippen LogP contribution in [0.15, 0.2) is 60.7 Å². The van der Waals surface area contributed by atoms with Crippen LogP contribution in [0.4, 0.5) is 0 Å². The average molecular weight is 366 g/mol. The first-order chi connectivity index (χ1) is 12.8. The topological polar surface area (TPSA) is 44.8 Å². The fraction of sp³-hybridized carbons (Fsp3) is 0.409. The molecule has 5 heteroatoms. The normalized spacial score (nSPS) is 18.9. The first kappa shape index (κ1) is 19.7. The van der Waals surface area contributed by atoms with E-state index in [4.69, 9.17) is 14.0 Å². The van der Waals surface area contributed by atoms with Crippen molar-refractivity contribution in [2.75, 3.05) is 0 Å². The molecule has 0 amide bonds. The van der Waals surface area contributed by atoms with Crippen molar-refractivity contribution in [1.82, 2.24) is 0 Å². The molecule has 142 valence electrons. The first-order valence-corrected chi connectivity index (χ1v) is 9.39. The van der Waals surface area contributed by atoms with Crippen LogP contribution >= 0.6 is 0 Å². The van der Waals surface area contributed by atoms with Gasteiger partial charge in [-0.05, 0) is 38.8 Å². The number of hydrogen-bond donors (Lipinski definition) is 0. The molecule has 1 aliphatic heterocycles. The van der Waals surface area contributed by atoms with Gasteiger partial charge in [0.1, 0.15) is 6.61 Å². The predicted octanol–water partition coefficient (Wildman–Crippen LogP) is 4.54. The van der Waals surface area contributed by atoms with E-state index in [1.165, 1.54) is 0 Å². The summed E-state index contributed by atoms with van der Waals surface area (Å²) < 4.78 is 17.9. The molecule has 0 spiro atoms. The zero-order valence-corrected chi connectivity index (χ0v) is 16.5. The van der Waals surface area contributed by atoms with Crippen LogP contribution in [-0.4, -0.2) is 24.3 Å². The van der Waals surface area contributed by atoms with Crippen molar-refractivity contribution >= 4 is 13.1 Å². The molecule has 1 unspecified atom stereocenters. The molecular weight excluding hydrogens is 339 g/mol. The summed E-state index contributed by atoms with van der Waals surface area (Å²) in [6, 6.07) is 19.6. The van der Waals surface area contributed by atoms with Gasteiger partial charge in [-0.1, -0.05) is 60.7 Å². The Bertz CT molecular complexity index is 742. The zero-order chi connectivity index (χ0) is 19.5. The van der Waals surface area contributed by atoms with Crippen LogP contribution in [0.2, 0.25) is 0 Å². The number of benzene rings is 2. The van der Waals surface area contributed by atoms with Crippen molar-refractivity contribution in [3.63, 3.8) is 0 Å². The number of carbonyl (C=O) groups is 1. The first-order valence-electron chi connectivity index (χ1n) is 9.39. The highest BCUT2D eigenvalue weighted by Crippen LogP contribution is 2.41. The molecule has 0 N–H and O–H groups in total. The van der Waals surface area contributed by atoms with Crippen molar-refractivity contribution < 1.29 is 18.8 Å². The molecular formula is C22H27BO4. The highest BCUT2D eigenvalue weighted by molar-refractivity contribution is 6.48. The molecule has 0 aliphatic carbocycles. The average Bonchev–Trinajstić information content (AvgIpc) is 2.87. The second-order valence-corrected chi connectivity index (χ2v) is 7.99. The van der Waals surface area contributed by atoms with Crippen molar-refractivity contribution in [3.05, 3.63) is 71.8 Å². The van der Waals surface area contributed by atoms with Crippen LogP contribution in [0.5, 0.6) is 0 Å². The molecule has 1 aliphatic rings. The summed E-state index contributed by atoms with van der Waals surface area (Å²) in [5.41, 5.74) is 1.09. The quantitative estimate of drug-likeness (QED) is 0.556. The van der Waals surface area contributed by atoms with Gasteiger partial charge in [-0.3, -0.25) is 4.79 Å². The predicted molar refractivity (Wildman–Crippen MR) is 106 cm³/mol. The van der Waals surface area contributed by atoms with Gasteiger partial charge in [0.05, 0.1) is 17.6 Å². The maximum atomic E-state index is 12.5. The van der Waals surface area contributed by atoms with Crippen LogP contribution in [-0.2, 0) is 25.4 Å². The number of carbonyl (C=O) groups excluding carboxylic acids is 1. The van der Waals surface area contributed by atoms with Crippen LogP contribution < -0.4 is 0 Å². The van der Waals surface area contributed by atoms with Crippen LogP contribution in [0.1, 0.15) is 51.1 Å². The molecule has 1 fully saturated rings. The van der Waals surface area contributed by atoms with Crippen molar-refractivity contribution in [2.45, 2.75) is 57.7 Å².